The molecule has 202 valence electrons. The van der Waals surface area contributed by atoms with Crippen LogP contribution in [0.15, 0.2) is 48.5 Å². The number of alkyl halides is 3. The molecular weight excluding hydrogens is 562 g/mol. The van der Waals surface area contributed by atoms with Gasteiger partial charge in [0.1, 0.15) is 0 Å². The molecule has 0 amide bonds. The quantitative estimate of drug-likeness (QED) is 0.366. The number of hydrogen-bond acceptors (Lipinski definition) is 6. The Bertz CT molecular complexity index is 1280. The van der Waals surface area contributed by atoms with E-state index in [4.69, 9.17) is 20.3 Å². The number of benzene rings is 2. The van der Waals surface area contributed by atoms with Gasteiger partial charge in [-0.15, -0.1) is 0 Å². The molecule has 38 heavy (non-hydrogen) atoms. The zero-order valence-corrected chi connectivity index (χ0v) is 23.2. The summed E-state index contributed by atoms with van der Waals surface area (Å²) < 4.78 is 54.9. The molecule has 3 N–H and O–H groups in total. The van der Waals surface area contributed by atoms with Gasteiger partial charge < -0.3 is 0 Å². The standard InChI is InChI=1S/C27H29AsF3N3O4/c1-15-6-11-19(22(12-15)37-18-4-2-3-5-18)24(27(29,30)31)38-23-14-21(33-26(28)34-23)17-9-7-16(8-10-17)13-20(32)25(35)36/h6-12,14,18,20,24H,2-5,13,28,32H2,1H3,(H,35,36)/t20-,24?/m0/s1. The van der Waals surface area contributed by atoms with Gasteiger partial charge in [0.05, 0.1) is 0 Å². The van der Waals surface area contributed by atoms with E-state index in [1.165, 1.54) is 12.1 Å². The summed E-state index contributed by atoms with van der Waals surface area (Å²) in [7, 11) is 0. The van der Waals surface area contributed by atoms with Crippen LogP contribution in [0.3, 0.4) is 0 Å². The van der Waals surface area contributed by atoms with Gasteiger partial charge in [0.25, 0.3) is 0 Å². The third-order valence-corrected chi connectivity index (χ3v) is 6.87. The normalized spacial score (nSPS) is 15.7. The summed E-state index contributed by atoms with van der Waals surface area (Å²) in [6.45, 7) is 1.80. The SMILES string of the molecule is Cc1ccc(C(Oc2cc(-c3ccc(C[C@H](N)C(=O)O)cc3)nc([AsH2])n2)C(F)(F)F)c(OC2CCCC2)c1. The Morgan fingerprint density at radius 2 is 1.82 bits per heavy atom. The van der Waals surface area contributed by atoms with Crippen LogP contribution in [0.4, 0.5) is 13.2 Å². The molecular formula is C27H29AsF3N3O4. The summed E-state index contributed by atoms with van der Waals surface area (Å²) in [4.78, 5) is 19.5. The molecule has 3 atom stereocenters. The van der Waals surface area contributed by atoms with Crippen molar-refractivity contribution in [2.24, 2.45) is 5.73 Å². The number of aliphatic carboxylic acids is 1. The summed E-state index contributed by atoms with van der Waals surface area (Å²) in [5.74, 6) is -1.14. The van der Waals surface area contributed by atoms with Crippen LogP contribution in [0.2, 0.25) is 0 Å². The van der Waals surface area contributed by atoms with Crippen LogP contribution in [0.5, 0.6) is 11.6 Å². The van der Waals surface area contributed by atoms with Gasteiger partial charge in [-0.3, -0.25) is 0 Å². The van der Waals surface area contributed by atoms with E-state index >= 15 is 0 Å². The van der Waals surface area contributed by atoms with Crippen LogP contribution < -0.4 is 19.8 Å². The topological polar surface area (TPSA) is 108 Å². The van der Waals surface area contributed by atoms with Crippen molar-refractivity contribution in [1.82, 2.24) is 9.97 Å². The predicted molar refractivity (Wildman–Crippen MR) is 138 cm³/mol. The predicted octanol–water partition coefficient (Wildman–Crippen LogP) is 3.67. The van der Waals surface area contributed by atoms with E-state index in [1.54, 1.807) is 43.3 Å². The number of nitrogens with two attached hydrogens (primary N) is 1. The van der Waals surface area contributed by atoms with E-state index in [0.717, 1.165) is 48.1 Å². The Morgan fingerprint density at radius 3 is 2.45 bits per heavy atom. The fourth-order valence-electron chi connectivity index (χ4n) is 4.38. The second kappa shape index (κ2) is 11.7. The monoisotopic (exact) mass is 591 g/mol. The van der Waals surface area contributed by atoms with E-state index in [-0.39, 0.29) is 29.7 Å². The molecule has 1 saturated carbocycles. The number of nitrogens with zero attached hydrogens (tertiary/aromatic N) is 2. The number of aryl methyl sites for hydroxylation is 1. The molecule has 4 rings (SSSR count). The number of aromatic nitrogens is 2. The molecule has 0 radical (unpaired) electrons. The van der Waals surface area contributed by atoms with E-state index < -0.39 is 24.3 Å². The van der Waals surface area contributed by atoms with Crippen LogP contribution in [-0.4, -0.2) is 56.2 Å². The van der Waals surface area contributed by atoms with Gasteiger partial charge in [0.15, 0.2) is 0 Å². The molecule has 2 aromatic carbocycles. The summed E-state index contributed by atoms with van der Waals surface area (Å²) in [5.41, 5.74) is 8.00. The van der Waals surface area contributed by atoms with Crippen molar-refractivity contribution in [2.45, 2.75) is 63.5 Å². The number of carbonyl (C=O) groups is 1. The van der Waals surface area contributed by atoms with E-state index in [0.29, 0.717) is 21.4 Å². The minimum absolute atomic E-state index is 0.0996. The van der Waals surface area contributed by atoms with Crippen molar-refractivity contribution in [1.29, 1.82) is 0 Å². The third kappa shape index (κ3) is 7.05. The molecule has 1 aliphatic rings. The Kier molecular flexibility index (Phi) is 8.63. The summed E-state index contributed by atoms with van der Waals surface area (Å²) in [6, 6.07) is 11.8. The van der Waals surface area contributed by atoms with Gasteiger partial charge in [0.2, 0.25) is 0 Å². The molecule has 3 aromatic rings. The number of rotatable bonds is 9. The zero-order chi connectivity index (χ0) is 27.4. The fourth-order valence-corrected chi connectivity index (χ4v) is 4.94. The van der Waals surface area contributed by atoms with E-state index in [2.05, 4.69) is 9.97 Å². The van der Waals surface area contributed by atoms with Crippen molar-refractivity contribution in [3.63, 3.8) is 0 Å². The van der Waals surface area contributed by atoms with E-state index in [1.807, 2.05) is 0 Å². The molecule has 0 spiro atoms. The summed E-state index contributed by atoms with van der Waals surface area (Å²) >= 11 is 1.04. The van der Waals surface area contributed by atoms with Gasteiger partial charge in [0, 0.05) is 0 Å². The van der Waals surface area contributed by atoms with Gasteiger partial charge >= 0.3 is 227 Å². The first-order chi connectivity index (χ1) is 18.0. The Labute approximate surface area is 227 Å². The van der Waals surface area contributed by atoms with Crippen molar-refractivity contribution < 1.29 is 32.5 Å². The van der Waals surface area contributed by atoms with Gasteiger partial charge in [-0.25, -0.2) is 0 Å². The Hall–Kier alpha value is -3.10. The average molecular weight is 591 g/mol. The fraction of sp³-hybridized carbons (Fsp3) is 0.370. The van der Waals surface area contributed by atoms with Crippen LogP contribution in [0.1, 0.15) is 48.5 Å². The third-order valence-electron chi connectivity index (χ3n) is 6.33. The molecule has 0 aliphatic heterocycles. The molecule has 7 nitrogen and oxygen atoms in total. The van der Waals surface area contributed by atoms with Crippen molar-refractivity contribution >= 4 is 27.4 Å². The summed E-state index contributed by atoms with van der Waals surface area (Å²) in [5, 5.41) is 9.01. The van der Waals surface area contributed by atoms with Crippen LogP contribution in [0.25, 0.3) is 11.3 Å². The Balaban J connectivity index is 1.62. The number of hydrogen-bond donors (Lipinski definition) is 2. The minimum atomic E-state index is -4.72. The molecule has 1 heterocycles. The number of carboxylic acids is 1. The second-order valence-electron chi connectivity index (χ2n) is 9.40. The van der Waals surface area contributed by atoms with Crippen molar-refractivity contribution in [3.8, 4) is 22.9 Å². The van der Waals surface area contributed by atoms with Gasteiger partial charge in [-0.2, -0.15) is 0 Å². The molecule has 2 unspecified atom stereocenters. The van der Waals surface area contributed by atoms with Crippen LogP contribution >= 0.6 is 0 Å². The number of halogens is 3. The second-order valence-corrected chi connectivity index (χ2v) is 10.5. The van der Waals surface area contributed by atoms with Gasteiger partial charge in [-0.1, -0.05) is 0 Å². The first-order valence-electron chi connectivity index (χ1n) is 12.2. The zero-order valence-electron chi connectivity index (χ0n) is 20.7. The molecule has 0 saturated heterocycles. The number of ether oxygens (including phenoxy) is 2. The Morgan fingerprint density at radius 1 is 1.13 bits per heavy atom. The first-order valence-corrected chi connectivity index (χ1v) is 13.4. The number of carboxylic acid groups (broad SMARTS) is 1. The molecule has 11 heteroatoms. The first kappa shape index (κ1) is 27.9. The maximum absolute atomic E-state index is 14.3. The van der Waals surface area contributed by atoms with Crippen molar-refractivity contribution in [2.75, 3.05) is 0 Å². The van der Waals surface area contributed by atoms with Crippen molar-refractivity contribution in [3.05, 3.63) is 65.2 Å². The molecule has 1 aliphatic carbocycles. The molecule has 1 fully saturated rings. The maximum atomic E-state index is 14.3. The average Bonchev–Trinajstić information content (AvgIpc) is 3.35. The molecule has 1 aromatic heterocycles. The van der Waals surface area contributed by atoms with Crippen LogP contribution in [-0.2, 0) is 11.2 Å². The van der Waals surface area contributed by atoms with Crippen LogP contribution in [0, 0.1) is 6.92 Å². The molecule has 0 bridgehead atoms. The summed E-state index contributed by atoms with van der Waals surface area (Å²) in [6.07, 6.45) is -3.39. The van der Waals surface area contributed by atoms with Gasteiger partial charge in [-0.05, 0) is 0 Å². The van der Waals surface area contributed by atoms with E-state index in [9.17, 15) is 18.0 Å².